The molecule has 0 saturated carbocycles. The molecule has 0 radical (unpaired) electrons. The number of hydrogen-bond acceptors (Lipinski definition) is 1. The van der Waals surface area contributed by atoms with E-state index >= 15 is 0 Å². The van der Waals surface area contributed by atoms with Gasteiger partial charge in [0.15, 0.2) is 0 Å². The van der Waals surface area contributed by atoms with Crippen LogP contribution in [0.5, 0.6) is 0 Å². The normalized spacial score (nSPS) is 12.6. The molecule has 0 spiro atoms. The van der Waals surface area contributed by atoms with E-state index in [9.17, 15) is 4.39 Å². The van der Waals surface area contributed by atoms with Gasteiger partial charge in [-0.25, -0.2) is 4.39 Å². The number of nitrogens with one attached hydrogen (secondary N) is 1. The Morgan fingerprint density at radius 2 is 1.95 bits per heavy atom. The number of hydrogen-bond donors (Lipinski definition) is 1. The van der Waals surface area contributed by atoms with Gasteiger partial charge in [0.25, 0.3) is 0 Å². The Morgan fingerprint density at radius 1 is 1.15 bits per heavy atom. The average Bonchev–Trinajstić information content (AvgIpc) is 2.43. The van der Waals surface area contributed by atoms with Crippen LogP contribution in [0.1, 0.15) is 57.9 Å². The van der Waals surface area contributed by atoms with Crippen molar-refractivity contribution in [2.45, 2.75) is 64.8 Å². The fourth-order valence-electron chi connectivity index (χ4n) is 2.39. The summed E-state index contributed by atoms with van der Waals surface area (Å²) in [4.78, 5) is 0. The summed E-state index contributed by atoms with van der Waals surface area (Å²) in [6.45, 7) is 5.42. The molecule has 1 rings (SSSR count). The van der Waals surface area contributed by atoms with Gasteiger partial charge in [-0.2, -0.15) is 0 Å². The third-order valence-electron chi connectivity index (χ3n) is 3.57. The van der Waals surface area contributed by atoms with Crippen molar-refractivity contribution in [3.63, 3.8) is 0 Å². The van der Waals surface area contributed by atoms with Crippen molar-refractivity contribution in [1.29, 1.82) is 0 Å². The minimum atomic E-state index is -0.264. The van der Waals surface area contributed by atoms with Gasteiger partial charge in [0, 0.05) is 11.1 Å². The Kier molecular flexibility index (Phi) is 8.88. The molecule has 1 nitrogen and oxygen atoms in total. The number of halogens is 2. The van der Waals surface area contributed by atoms with E-state index in [2.05, 4.69) is 19.2 Å². The zero-order valence-electron chi connectivity index (χ0n) is 12.7. The Bertz CT molecular complexity index is 381. The highest BCUT2D eigenvalue weighted by molar-refractivity contribution is 6.31. The molecule has 0 saturated heterocycles. The zero-order valence-corrected chi connectivity index (χ0v) is 13.5. The lowest BCUT2D eigenvalue weighted by Gasteiger charge is -2.19. The van der Waals surface area contributed by atoms with Gasteiger partial charge < -0.3 is 5.32 Å². The molecule has 114 valence electrons. The van der Waals surface area contributed by atoms with E-state index in [1.807, 2.05) is 6.07 Å². The molecule has 0 heterocycles. The molecule has 1 aromatic carbocycles. The van der Waals surface area contributed by atoms with Gasteiger partial charge in [0.2, 0.25) is 0 Å². The van der Waals surface area contributed by atoms with Crippen molar-refractivity contribution in [2.24, 2.45) is 0 Å². The maximum Gasteiger partial charge on any atom is 0.124 e. The summed E-state index contributed by atoms with van der Waals surface area (Å²) in [5.41, 5.74) is 1.04. The Hall–Kier alpha value is -0.600. The van der Waals surface area contributed by atoms with Gasteiger partial charge in [-0.3, -0.25) is 0 Å². The van der Waals surface area contributed by atoms with Crippen LogP contribution >= 0.6 is 11.6 Å². The van der Waals surface area contributed by atoms with Crippen LogP contribution in [0, 0.1) is 5.82 Å². The molecule has 0 fully saturated rings. The molecule has 0 bridgehead atoms. The van der Waals surface area contributed by atoms with Crippen LogP contribution in [0.15, 0.2) is 18.2 Å². The standard InChI is InChI=1S/C17H27ClFN/c1-3-5-6-7-8-16(20-11-4-2)12-14-9-10-15(19)13-17(14)18/h9-10,13,16,20H,3-8,11-12H2,1-2H3. The molecular weight excluding hydrogens is 273 g/mol. The van der Waals surface area contributed by atoms with E-state index in [-0.39, 0.29) is 5.82 Å². The summed E-state index contributed by atoms with van der Waals surface area (Å²) in [6, 6.07) is 5.15. The van der Waals surface area contributed by atoms with Crippen molar-refractivity contribution >= 4 is 11.6 Å². The Labute approximate surface area is 127 Å². The summed E-state index contributed by atoms with van der Waals surface area (Å²) >= 11 is 6.12. The highest BCUT2D eigenvalue weighted by Gasteiger charge is 2.11. The first-order chi connectivity index (χ1) is 9.67. The zero-order chi connectivity index (χ0) is 14.8. The summed E-state index contributed by atoms with van der Waals surface area (Å²) < 4.78 is 13.1. The van der Waals surface area contributed by atoms with E-state index in [0.717, 1.165) is 31.4 Å². The van der Waals surface area contributed by atoms with Gasteiger partial charge in [-0.05, 0) is 43.5 Å². The summed E-state index contributed by atoms with van der Waals surface area (Å²) in [5.74, 6) is -0.264. The van der Waals surface area contributed by atoms with Crippen molar-refractivity contribution in [3.05, 3.63) is 34.6 Å². The minimum absolute atomic E-state index is 0.264. The molecule has 0 amide bonds. The predicted molar refractivity (Wildman–Crippen MR) is 86.0 cm³/mol. The van der Waals surface area contributed by atoms with Crippen molar-refractivity contribution in [1.82, 2.24) is 5.32 Å². The van der Waals surface area contributed by atoms with Crippen LogP contribution in [-0.4, -0.2) is 12.6 Å². The van der Waals surface area contributed by atoms with Crippen LogP contribution in [0.25, 0.3) is 0 Å². The van der Waals surface area contributed by atoms with Crippen LogP contribution in [-0.2, 0) is 6.42 Å². The molecule has 20 heavy (non-hydrogen) atoms. The van der Waals surface area contributed by atoms with E-state index in [1.54, 1.807) is 0 Å². The third-order valence-corrected chi connectivity index (χ3v) is 3.92. The summed E-state index contributed by atoms with van der Waals surface area (Å²) in [7, 11) is 0. The fourth-order valence-corrected chi connectivity index (χ4v) is 2.64. The molecular formula is C17H27ClFN. The molecule has 1 N–H and O–H groups in total. The minimum Gasteiger partial charge on any atom is -0.314 e. The number of unbranched alkanes of at least 4 members (excludes halogenated alkanes) is 3. The molecule has 0 aliphatic heterocycles. The average molecular weight is 300 g/mol. The predicted octanol–water partition coefficient (Wildman–Crippen LogP) is 5.36. The van der Waals surface area contributed by atoms with Gasteiger partial charge in [0.05, 0.1) is 0 Å². The van der Waals surface area contributed by atoms with E-state index in [0.29, 0.717) is 11.1 Å². The molecule has 1 atom stereocenters. The van der Waals surface area contributed by atoms with Crippen molar-refractivity contribution in [3.8, 4) is 0 Å². The second-order valence-electron chi connectivity index (χ2n) is 5.44. The van der Waals surface area contributed by atoms with Crippen LogP contribution in [0.3, 0.4) is 0 Å². The Balaban J connectivity index is 2.53. The first-order valence-electron chi connectivity index (χ1n) is 7.84. The quantitative estimate of drug-likeness (QED) is 0.573. The highest BCUT2D eigenvalue weighted by atomic mass is 35.5. The number of benzene rings is 1. The van der Waals surface area contributed by atoms with Crippen LogP contribution in [0.4, 0.5) is 4.39 Å². The SMILES string of the molecule is CCCCCCC(Cc1ccc(F)cc1Cl)NCCC. The van der Waals surface area contributed by atoms with E-state index in [1.165, 1.54) is 37.8 Å². The molecule has 1 aromatic rings. The maximum atomic E-state index is 13.1. The lowest BCUT2D eigenvalue weighted by atomic mass is 9.99. The Morgan fingerprint density at radius 3 is 2.60 bits per heavy atom. The molecule has 0 aliphatic rings. The molecule has 0 aromatic heterocycles. The lowest BCUT2D eigenvalue weighted by Crippen LogP contribution is -2.31. The fraction of sp³-hybridized carbons (Fsp3) is 0.647. The third kappa shape index (κ3) is 6.71. The maximum absolute atomic E-state index is 13.1. The second-order valence-corrected chi connectivity index (χ2v) is 5.85. The van der Waals surface area contributed by atoms with Crippen LogP contribution in [0.2, 0.25) is 5.02 Å². The molecule has 3 heteroatoms. The van der Waals surface area contributed by atoms with Gasteiger partial charge in [0.1, 0.15) is 5.82 Å². The largest absolute Gasteiger partial charge is 0.314 e. The lowest BCUT2D eigenvalue weighted by molar-refractivity contribution is 0.453. The van der Waals surface area contributed by atoms with Crippen molar-refractivity contribution < 1.29 is 4.39 Å². The summed E-state index contributed by atoms with van der Waals surface area (Å²) in [6.07, 6.45) is 8.27. The van der Waals surface area contributed by atoms with E-state index in [4.69, 9.17) is 11.6 Å². The molecule has 1 unspecified atom stereocenters. The topological polar surface area (TPSA) is 12.0 Å². The first-order valence-corrected chi connectivity index (χ1v) is 8.22. The first kappa shape index (κ1) is 17.5. The second kappa shape index (κ2) is 10.2. The van der Waals surface area contributed by atoms with Crippen LogP contribution < -0.4 is 5.32 Å². The summed E-state index contributed by atoms with van der Waals surface area (Å²) in [5, 5.41) is 4.13. The van der Waals surface area contributed by atoms with Gasteiger partial charge >= 0.3 is 0 Å². The smallest absolute Gasteiger partial charge is 0.124 e. The molecule has 0 aliphatic carbocycles. The van der Waals surface area contributed by atoms with Crippen molar-refractivity contribution in [2.75, 3.05) is 6.54 Å². The van der Waals surface area contributed by atoms with E-state index < -0.39 is 0 Å². The monoisotopic (exact) mass is 299 g/mol. The highest BCUT2D eigenvalue weighted by Crippen LogP contribution is 2.20. The van der Waals surface area contributed by atoms with Gasteiger partial charge in [-0.15, -0.1) is 0 Å². The number of rotatable bonds is 10. The van der Waals surface area contributed by atoms with Gasteiger partial charge in [-0.1, -0.05) is 57.2 Å².